The van der Waals surface area contributed by atoms with Crippen molar-refractivity contribution in [2.75, 3.05) is 18.4 Å². The number of anilines is 1. The van der Waals surface area contributed by atoms with Gasteiger partial charge in [0, 0.05) is 30.6 Å². The normalized spacial score (nSPS) is 17.5. The summed E-state index contributed by atoms with van der Waals surface area (Å²) in [5.41, 5.74) is 0.670. The van der Waals surface area contributed by atoms with E-state index in [4.69, 9.17) is 4.74 Å². The van der Waals surface area contributed by atoms with Gasteiger partial charge < -0.3 is 15.0 Å². The van der Waals surface area contributed by atoms with Gasteiger partial charge in [-0.05, 0) is 62.1 Å². The molecular weight excluding hydrogens is 371 g/mol. The molecule has 0 bridgehead atoms. The topological polar surface area (TPSA) is 58.6 Å². The number of hydrogen-bond acceptors (Lipinski definition) is 3. The van der Waals surface area contributed by atoms with E-state index in [0.717, 1.165) is 19.3 Å². The highest BCUT2D eigenvalue weighted by atomic mass is 19.1. The number of rotatable bonds is 5. The lowest BCUT2D eigenvalue weighted by atomic mass is 9.83. The molecule has 152 valence electrons. The van der Waals surface area contributed by atoms with Crippen LogP contribution in [0.3, 0.4) is 0 Å². The molecule has 0 spiro atoms. The lowest BCUT2D eigenvalue weighted by Crippen LogP contribution is -2.45. The van der Waals surface area contributed by atoms with Gasteiger partial charge in [0.2, 0.25) is 11.8 Å². The molecule has 2 amide bonds. The van der Waals surface area contributed by atoms with E-state index in [1.807, 2.05) is 4.90 Å². The first-order valence-electron chi connectivity index (χ1n) is 10.2. The number of nitrogens with one attached hydrogen (secondary N) is 1. The second kappa shape index (κ2) is 8.64. The Hall–Kier alpha value is -2.89. The van der Waals surface area contributed by atoms with Gasteiger partial charge in [-0.25, -0.2) is 4.39 Å². The molecule has 1 N–H and O–H groups in total. The Morgan fingerprint density at radius 3 is 2.24 bits per heavy atom. The van der Waals surface area contributed by atoms with Crippen molar-refractivity contribution in [3.63, 3.8) is 0 Å². The van der Waals surface area contributed by atoms with Gasteiger partial charge in [0.05, 0.1) is 0 Å². The maximum absolute atomic E-state index is 13.7. The Morgan fingerprint density at radius 1 is 0.931 bits per heavy atom. The number of para-hydroxylation sites is 1. The van der Waals surface area contributed by atoms with Crippen molar-refractivity contribution in [2.24, 2.45) is 11.8 Å². The number of amides is 2. The van der Waals surface area contributed by atoms with Gasteiger partial charge in [0.25, 0.3) is 0 Å². The summed E-state index contributed by atoms with van der Waals surface area (Å²) in [5, 5.41) is 2.93. The van der Waals surface area contributed by atoms with E-state index in [1.54, 1.807) is 42.5 Å². The van der Waals surface area contributed by atoms with Crippen LogP contribution in [0.4, 0.5) is 10.1 Å². The zero-order valence-corrected chi connectivity index (χ0v) is 16.3. The van der Waals surface area contributed by atoms with Crippen molar-refractivity contribution in [2.45, 2.75) is 32.1 Å². The number of likely N-dealkylation sites (tertiary alicyclic amines) is 1. The molecule has 5 nitrogen and oxygen atoms in total. The van der Waals surface area contributed by atoms with Gasteiger partial charge in [-0.3, -0.25) is 9.59 Å². The van der Waals surface area contributed by atoms with Crippen LogP contribution in [-0.4, -0.2) is 29.8 Å². The van der Waals surface area contributed by atoms with Crippen LogP contribution in [0.5, 0.6) is 11.5 Å². The maximum Gasteiger partial charge on any atom is 0.227 e. The predicted molar refractivity (Wildman–Crippen MR) is 108 cm³/mol. The summed E-state index contributed by atoms with van der Waals surface area (Å²) in [4.78, 5) is 26.8. The molecule has 1 aliphatic heterocycles. The first-order chi connectivity index (χ1) is 14.1. The largest absolute Gasteiger partial charge is 0.454 e. The molecule has 2 aromatic carbocycles. The summed E-state index contributed by atoms with van der Waals surface area (Å²) in [6.07, 6.45) is 4.56. The Labute approximate surface area is 169 Å². The fourth-order valence-corrected chi connectivity index (χ4v) is 3.78. The standard InChI is InChI=1S/C23H25FN2O3/c24-20-6-1-2-7-21(20)29-19-10-8-18(9-11-19)25-22(27)16-12-14-26(15-13-16)23(28)17-4-3-5-17/h1-2,6-11,16-17H,3-5,12-15H2,(H,25,27). The van der Waals surface area contributed by atoms with Crippen molar-refractivity contribution in [3.8, 4) is 11.5 Å². The van der Waals surface area contributed by atoms with Crippen molar-refractivity contribution in [3.05, 3.63) is 54.3 Å². The highest BCUT2D eigenvalue weighted by molar-refractivity contribution is 5.92. The summed E-state index contributed by atoms with van der Waals surface area (Å²) in [6.45, 7) is 1.31. The molecule has 1 saturated heterocycles. The number of benzene rings is 2. The van der Waals surface area contributed by atoms with Crippen LogP contribution in [0.25, 0.3) is 0 Å². The molecule has 0 unspecified atom stereocenters. The Kier molecular flexibility index (Phi) is 5.79. The fourth-order valence-electron chi connectivity index (χ4n) is 3.78. The zero-order valence-electron chi connectivity index (χ0n) is 16.3. The quantitative estimate of drug-likeness (QED) is 0.804. The van der Waals surface area contributed by atoms with E-state index in [-0.39, 0.29) is 29.4 Å². The zero-order chi connectivity index (χ0) is 20.2. The number of hydrogen-bond donors (Lipinski definition) is 1. The first kappa shape index (κ1) is 19.4. The third kappa shape index (κ3) is 4.58. The molecule has 0 atom stereocenters. The van der Waals surface area contributed by atoms with Crippen molar-refractivity contribution < 1.29 is 18.7 Å². The van der Waals surface area contributed by atoms with Gasteiger partial charge in [0.15, 0.2) is 11.6 Å². The van der Waals surface area contributed by atoms with E-state index in [0.29, 0.717) is 37.4 Å². The maximum atomic E-state index is 13.7. The van der Waals surface area contributed by atoms with Gasteiger partial charge >= 0.3 is 0 Å². The third-order valence-electron chi connectivity index (χ3n) is 5.82. The molecule has 4 rings (SSSR count). The second-order valence-corrected chi connectivity index (χ2v) is 7.77. The van der Waals surface area contributed by atoms with Crippen molar-refractivity contribution in [1.82, 2.24) is 4.90 Å². The smallest absolute Gasteiger partial charge is 0.227 e. The lowest BCUT2D eigenvalue weighted by Gasteiger charge is -2.36. The minimum absolute atomic E-state index is 0.0245. The fraction of sp³-hybridized carbons (Fsp3) is 0.391. The molecule has 29 heavy (non-hydrogen) atoms. The van der Waals surface area contributed by atoms with Gasteiger partial charge in [0.1, 0.15) is 5.75 Å². The highest BCUT2D eigenvalue weighted by Gasteiger charge is 2.33. The molecule has 6 heteroatoms. The molecule has 1 aliphatic carbocycles. The minimum atomic E-state index is -0.424. The minimum Gasteiger partial charge on any atom is -0.454 e. The van der Waals surface area contributed by atoms with E-state index in [2.05, 4.69) is 5.32 Å². The van der Waals surface area contributed by atoms with Gasteiger partial charge in [-0.2, -0.15) is 0 Å². The number of halogens is 1. The molecule has 1 heterocycles. The second-order valence-electron chi connectivity index (χ2n) is 7.77. The molecule has 0 aromatic heterocycles. The lowest BCUT2D eigenvalue weighted by molar-refractivity contribution is -0.140. The number of carbonyl (C=O) groups excluding carboxylic acids is 2. The Morgan fingerprint density at radius 2 is 1.62 bits per heavy atom. The van der Waals surface area contributed by atoms with Crippen LogP contribution in [0.15, 0.2) is 48.5 Å². The van der Waals surface area contributed by atoms with Crippen molar-refractivity contribution in [1.29, 1.82) is 0 Å². The Balaban J connectivity index is 1.27. The van der Waals surface area contributed by atoms with E-state index >= 15 is 0 Å². The number of carbonyl (C=O) groups is 2. The molecular formula is C23H25FN2O3. The van der Waals surface area contributed by atoms with Crippen LogP contribution in [0.2, 0.25) is 0 Å². The van der Waals surface area contributed by atoms with Crippen LogP contribution >= 0.6 is 0 Å². The van der Waals surface area contributed by atoms with E-state index < -0.39 is 5.82 Å². The first-order valence-corrected chi connectivity index (χ1v) is 10.2. The van der Waals surface area contributed by atoms with Gasteiger partial charge in [-0.15, -0.1) is 0 Å². The predicted octanol–water partition coefficient (Wildman–Crippen LogP) is 4.60. The average molecular weight is 396 g/mol. The average Bonchev–Trinajstić information content (AvgIpc) is 2.70. The van der Waals surface area contributed by atoms with Crippen molar-refractivity contribution >= 4 is 17.5 Å². The summed E-state index contributed by atoms with van der Waals surface area (Å²) in [7, 11) is 0. The number of nitrogens with zero attached hydrogens (tertiary/aromatic N) is 1. The van der Waals surface area contributed by atoms with E-state index in [1.165, 1.54) is 6.07 Å². The van der Waals surface area contributed by atoms with Crippen LogP contribution in [0, 0.1) is 17.7 Å². The summed E-state index contributed by atoms with van der Waals surface area (Å²) >= 11 is 0. The summed E-state index contributed by atoms with van der Waals surface area (Å²) in [5.74, 6) is 0.597. The van der Waals surface area contributed by atoms with Gasteiger partial charge in [-0.1, -0.05) is 18.6 Å². The number of ether oxygens (including phenoxy) is 1. The molecule has 2 aliphatic rings. The van der Waals surface area contributed by atoms with Crippen LogP contribution in [0.1, 0.15) is 32.1 Å². The van der Waals surface area contributed by atoms with Crippen LogP contribution in [-0.2, 0) is 9.59 Å². The number of piperidine rings is 1. The SMILES string of the molecule is O=C(Nc1ccc(Oc2ccccc2F)cc1)C1CCN(C(=O)C2CCC2)CC1. The molecule has 2 aromatic rings. The Bertz CT molecular complexity index is 872. The highest BCUT2D eigenvalue weighted by Crippen LogP contribution is 2.30. The summed E-state index contributed by atoms with van der Waals surface area (Å²) in [6, 6.07) is 13.1. The molecule has 2 fully saturated rings. The molecule has 1 saturated carbocycles. The summed E-state index contributed by atoms with van der Waals surface area (Å²) < 4.78 is 19.2. The van der Waals surface area contributed by atoms with E-state index in [9.17, 15) is 14.0 Å². The molecule has 0 radical (unpaired) electrons. The van der Waals surface area contributed by atoms with Crippen LogP contribution < -0.4 is 10.1 Å². The third-order valence-corrected chi connectivity index (χ3v) is 5.82. The monoisotopic (exact) mass is 396 g/mol.